The van der Waals surface area contributed by atoms with Crippen LogP contribution in [0.15, 0.2) is 42.6 Å². The summed E-state index contributed by atoms with van der Waals surface area (Å²) in [5, 5.41) is 3.56. The van der Waals surface area contributed by atoms with Gasteiger partial charge in [0.1, 0.15) is 0 Å². The van der Waals surface area contributed by atoms with Crippen LogP contribution in [0.25, 0.3) is 0 Å². The summed E-state index contributed by atoms with van der Waals surface area (Å²) in [6.45, 7) is 0.828. The topological polar surface area (TPSA) is 50.9 Å². The van der Waals surface area contributed by atoms with Gasteiger partial charge >= 0.3 is 0 Å². The zero-order valence-corrected chi connectivity index (χ0v) is 11.5. The summed E-state index contributed by atoms with van der Waals surface area (Å²) in [5.41, 5.74) is 10.6. The highest BCUT2D eigenvalue weighted by molar-refractivity contribution is 5.85. The lowest BCUT2D eigenvalue weighted by atomic mass is 10.1. The van der Waals surface area contributed by atoms with Crippen LogP contribution in [0.2, 0.25) is 0 Å². The minimum absolute atomic E-state index is 0. The van der Waals surface area contributed by atoms with E-state index in [4.69, 9.17) is 5.73 Å². The van der Waals surface area contributed by atoms with Gasteiger partial charge in [-0.1, -0.05) is 12.1 Å². The molecule has 3 N–H and O–H groups in total. The first-order chi connectivity index (χ1) is 8.81. The summed E-state index contributed by atoms with van der Waals surface area (Å²) in [7, 11) is 0. The zero-order chi connectivity index (χ0) is 12.4. The fourth-order valence-electron chi connectivity index (χ4n) is 2.53. The van der Waals surface area contributed by atoms with Gasteiger partial charge in [0.2, 0.25) is 0 Å². The number of anilines is 1. The Kier molecular flexibility index (Phi) is 4.40. The second-order valence-electron chi connectivity index (χ2n) is 4.84. The minimum atomic E-state index is 0. The van der Waals surface area contributed by atoms with E-state index in [1.54, 1.807) is 0 Å². The molecule has 0 fully saturated rings. The Labute approximate surface area is 119 Å². The van der Waals surface area contributed by atoms with Gasteiger partial charge in [0, 0.05) is 24.5 Å². The normalized spacial score (nSPS) is 16.7. The molecule has 100 valence electrons. The molecule has 1 aromatic carbocycles. The van der Waals surface area contributed by atoms with Crippen molar-refractivity contribution in [2.45, 2.75) is 25.4 Å². The van der Waals surface area contributed by atoms with Gasteiger partial charge in [-0.05, 0) is 48.2 Å². The number of rotatable bonds is 3. The number of nitrogens with zero attached hydrogens (tertiary/aromatic N) is 1. The number of halogens is 1. The van der Waals surface area contributed by atoms with Crippen LogP contribution in [0.3, 0.4) is 0 Å². The number of aromatic nitrogens is 1. The minimum Gasteiger partial charge on any atom is -0.399 e. The van der Waals surface area contributed by atoms with Crippen molar-refractivity contribution in [1.82, 2.24) is 10.3 Å². The fourth-order valence-corrected chi connectivity index (χ4v) is 2.53. The molecular formula is C15H18ClN3. The number of pyridine rings is 1. The van der Waals surface area contributed by atoms with Gasteiger partial charge in [-0.2, -0.15) is 0 Å². The predicted molar refractivity (Wildman–Crippen MR) is 80.4 cm³/mol. The number of nitrogens with one attached hydrogen (secondary N) is 1. The molecular weight excluding hydrogens is 258 g/mol. The number of nitrogen functional groups attached to an aromatic ring is 1. The van der Waals surface area contributed by atoms with Crippen LogP contribution >= 0.6 is 12.4 Å². The first-order valence-corrected chi connectivity index (χ1v) is 6.32. The van der Waals surface area contributed by atoms with Gasteiger partial charge in [-0.3, -0.25) is 4.98 Å². The predicted octanol–water partition coefficient (Wildman–Crippen LogP) is 2.34. The van der Waals surface area contributed by atoms with Crippen molar-refractivity contribution >= 4 is 18.1 Å². The zero-order valence-electron chi connectivity index (χ0n) is 10.7. The summed E-state index contributed by atoms with van der Waals surface area (Å²) in [6, 6.07) is 12.7. The molecule has 1 atom stereocenters. The van der Waals surface area contributed by atoms with Crippen LogP contribution in [-0.2, 0) is 19.4 Å². The fraction of sp³-hybridized carbons (Fsp3) is 0.267. The van der Waals surface area contributed by atoms with Crippen LogP contribution < -0.4 is 11.1 Å². The molecule has 1 unspecified atom stereocenters. The van der Waals surface area contributed by atoms with Gasteiger partial charge in [-0.25, -0.2) is 0 Å². The molecule has 0 saturated carbocycles. The lowest BCUT2D eigenvalue weighted by molar-refractivity contribution is 0.528. The summed E-state index contributed by atoms with van der Waals surface area (Å²) in [4.78, 5) is 4.32. The molecule has 1 heterocycles. The maximum atomic E-state index is 5.81. The van der Waals surface area contributed by atoms with Crippen molar-refractivity contribution in [3.63, 3.8) is 0 Å². The van der Waals surface area contributed by atoms with E-state index in [2.05, 4.69) is 22.4 Å². The van der Waals surface area contributed by atoms with E-state index in [-0.39, 0.29) is 12.4 Å². The monoisotopic (exact) mass is 275 g/mol. The average molecular weight is 276 g/mol. The van der Waals surface area contributed by atoms with Gasteiger partial charge in [0.05, 0.1) is 5.69 Å². The molecule has 19 heavy (non-hydrogen) atoms. The van der Waals surface area contributed by atoms with Crippen LogP contribution in [0, 0.1) is 0 Å². The molecule has 0 spiro atoms. The summed E-state index contributed by atoms with van der Waals surface area (Å²) < 4.78 is 0. The van der Waals surface area contributed by atoms with E-state index < -0.39 is 0 Å². The van der Waals surface area contributed by atoms with E-state index in [1.807, 2.05) is 30.5 Å². The van der Waals surface area contributed by atoms with E-state index in [1.165, 1.54) is 11.1 Å². The Morgan fingerprint density at radius 3 is 2.79 bits per heavy atom. The molecule has 0 aliphatic heterocycles. The maximum absolute atomic E-state index is 5.81. The molecule has 0 radical (unpaired) electrons. The Morgan fingerprint density at radius 1 is 1.16 bits per heavy atom. The number of hydrogen-bond donors (Lipinski definition) is 2. The lowest BCUT2D eigenvalue weighted by Gasteiger charge is -2.11. The van der Waals surface area contributed by atoms with Gasteiger partial charge in [0.15, 0.2) is 0 Å². The van der Waals surface area contributed by atoms with Crippen molar-refractivity contribution in [2.75, 3.05) is 5.73 Å². The van der Waals surface area contributed by atoms with Crippen molar-refractivity contribution < 1.29 is 0 Å². The molecule has 4 heteroatoms. The van der Waals surface area contributed by atoms with Gasteiger partial charge < -0.3 is 11.1 Å². The highest BCUT2D eigenvalue weighted by Gasteiger charge is 2.20. The standard InChI is InChI=1S/C15H17N3.ClH/c16-13-5-4-11-8-15(9-12(11)7-13)18-10-14-3-1-2-6-17-14;/h1-7,15,18H,8-10,16H2;1H. The van der Waals surface area contributed by atoms with E-state index in [0.717, 1.165) is 30.8 Å². The summed E-state index contributed by atoms with van der Waals surface area (Å²) in [5.74, 6) is 0. The quantitative estimate of drug-likeness (QED) is 0.846. The van der Waals surface area contributed by atoms with Crippen molar-refractivity contribution in [3.8, 4) is 0 Å². The molecule has 3 nitrogen and oxygen atoms in total. The Hall–Kier alpha value is -1.58. The molecule has 2 aromatic rings. The third-order valence-corrected chi connectivity index (χ3v) is 3.46. The van der Waals surface area contributed by atoms with Crippen LogP contribution in [-0.4, -0.2) is 11.0 Å². The van der Waals surface area contributed by atoms with Crippen LogP contribution in [0.4, 0.5) is 5.69 Å². The van der Waals surface area contributed by atoms with E-state index in [9.17, 15) is 0 Å². The van der Waals surface area contributed by atoms with E-state index in [0.29, 0.717) is 6.04 Å². The Morgan fingerprint density at radius 2 is 2.00 bits per heavy atom. The lowest BCUT2D eigenvalue weighted by Crippen LogP contribution is -2.29. The number of fused-ring (bicyclic) bond motifs is 1. The van der Waals surface area contributed by atoms with Gasteiger partial charge in [-0.15, -0.1) is 12.4 Å². The molecule has 1 aliphatic carbocycles. The molecule has 0 bridgehead atoms. The van der Waals surface area contributed by atoms with Gasteiger partial charge in [0.25, 0.3) is 0 Å². The second kappa shape index (κ2) is 6.04. The Bertz CT molecular complexity index is 542. The molecule has 0 amide bonds. The molecule has 0 saturated heterocycles. The van der Waals surface area contributed by atoms with Crippen LogP contribution in [0.1, 0.15) is 16.8 Å². The van der Waals surface area contributed by atoms with E-state index >= 15 is 0 Å². The largest absolute Gasteiger partial charge is 0.399 e. The molecule has 1 aromatic heterocycles. The number of hydrogen-bond acceptors (Lipinski definition) is 3. The maximum Gasteiger partial charge on any atom is 0.0541 e. The highest BCUT2D eigenvalue weighted by atomic mass is 35.5. The molecule has 3 rings (SSSR count). The average Bonchev–Trinajstić information content (AvgIpc) is 2.79. The van der Waals surface area contributed by atoms with Crippen LogP contribution in [0.5, 0.6) is 0 Å². The summed E-state index contributed by atoms with van der Waals surface area (Å²) >= 11 is 0. The second-order valence-corrected chi connectivity index (χ2v) is 4.84. The number of nitrogens with two attached hydrogens (primary N) is 1. The van der Waals surface area contributed by atoms with Crippen molar-refractivity contribution in [3.05, 3.63) is 59.4 Å². The molecule has 1 aliphatic rings. The smallest absolute Gasteiger partial charge is 0.0541 e. The SMILES string of the molecule is Cl.Nc1ccc2c(c1)CC(NCc1ccccn1)C2. The van der Waals surface area contributed by atoms with Crippen molar-refractivity contribution in [1.29, 1.82) is 0 Å². The van der Waals surface area contributed by atoms with Crippen molar-refractivity contribution in [2.24, 2.45) is 0 Å². The Balaban J connectivity index is 0.00000133. The number of benzene rings is 1. The summed E-state index contributed by atoms with van der Waals surface area (Å²) in [6.07, 6.45) is 3.98. The highest BCUT2D eigenvalue weighted by Crippen LogP contribution is 2.24. The third kappa shape index (κ3) is 3.25. The first-order valence-electron chi connectivity index (χ1n) is 6.32. The third-order valence-electron chi connectivity index (χ3n) is 3.46. The first kappa shape index (κ1) is 13.8.